The molecule has 1 aromatic heterocycles. The van der Waals surface area contributed by atoms with Crippen molar-refractivity contribution in [3.8, 4) is 0 Å². The van der Waals surface area contributed by atoms with Gasteiger partial charge in [0, 0.05) is 16.4 Å². The van der Waals surface area contributed by atoms with Crippen LogP contribution in [0.2, 0.25) is 0 Å². The van der Waals surface area contributed by atoms with Crippen LogP contribution in [0.4, 0.5) is 15.9 Å². The predicted molar refractivity (Wildman–Crippen MR) is 69.3 cm³/mol. The third-order valence-electron chi connectivity index (χ3n) is 1.92. The summed E-state index contributed by atoms with van der Waals surface area (Å²) in [6.45, 7) is 0. The SMILES string of the molecule is Fc1ccc(Nc2ccc(Br)cn2)cc1Br. The van der Waals surface area contributed by atoms with Gasteiger partial charge >= 0.3 is 0 Å². The average Bonchev–Trinajstić information content (AvgIpc) is 2.27. The number of hydrogen-bond acceptors (Lipinski definition) is 2. The highest BCUT2D eigenvalue weighted by atomic mass is 79.9. The topological polar surface area (TPSA) is 24.9 Å². The number of benzene rings is 1. The zero-order valence-electron chi connectivity index (χ0n) is 8.05. The van der Waals surface area contributed by atoms with Gasteiger partial charge in [-0.05, 0) is 62.2 Å². The zero-order valence-corrected chi connectivity index (χ0v) is 11.2. The minimum Gasteiger partial charge on any atom is -0.340 e. The Balaban J connectivity index is 2.20. The van der Waals surface area contributed by atoms with Gasteiger partial charge in [-0.15, -0.1) is 0 Å². The molecule has 0 radical (unpaired) electrons. The molecule has 0 aliphatic carbocycles. The molecule has 2 nitrogen and oxygen atoms in total. The second kappa shape index (κ2) is 4.93. The minimum atomic E-state index is -0.283. The molecule has 0 fully saturated rings. The van der Waals surface area contributed by atoms with Crippen molar-refractivity contribution in [1.29, 1.82) is 0 Å². The van der Waals surface area contributed by atoms with E-state index in [0.717, 1.165) is 10.2 Å². The Kier molecular flexibility index (Phi) is 3.56. The van der Waals surface area contributed by atoms with Crippen LogP contribution in [-0.4, -0.2) is 4.98 Å². The number of pyridine rings is 1. The van der Waals surface area contributed by atoms with Crippen molar-refractivity contribution in [2.75, 3.05) is 5.32 Å². The Labute approximate surface area is 109 Å². The van der Waals surface area contributed by atoms with E-state index in [1.54, 1.807) is 18.3 Å². The lowest BCUT2D eigenvalue weighted by molar-refractivity contribution is 0.621. The van der Waals surface area contributed by atoms with Crippen molar-refractivity contribution >= 4 is 43.4 Å². The van der Waals surface area contributed by atoms with Gasteiger partial charge in [-0.3, -0.25) is 0 Å². The molecule has 0 amide bonds. The molecule has 82 valence electrons. The maximum atomic E-state index is 13.0. The molecule has 0 aliphatic rings. The van der Waals surface area contributed by atoms with Crippen LogP contribution in [-0.2, 0) is 0 Å². The number of halogens is 3. The molecule has 0 atom stereocenters. The second-order valence-corrected chi connectivity index (χ2v) is 4.89. The first-order chi connectivity index (χ1) is 7.65. The van der Waals surface area contributed by atoms with Gasteiger partial charge in [-0.25, -0.2) is 9.37 Å². The fraction of sp³-hybridized carbons (Fsp3) is 0. The van der Waals surface area contributed by atoms with E-state index in [2.05, 4.69) is 42.2 Å². The van der Waals surface area contributed by atoms with Crippen molar-refractivity contribution in [1.82, 2.24) is 4.98 Å². The molecular formula is C11H7Br2FN2. The van der Waals surface area contributed by atoms with E-state index in [9.17, 15) is 4.39 Å². The summed E-state index contributed by atoms with van der Waals surface area (Å²) in [5, 5.41) is 3.07. The maximum Gasteiger partial charge on any atom is 0.137 e. The van der Waals surface area contributed by atoms with Crippen LogP contribution in [0, 0.1) is 5.82 Å². The normalized spacial score (nSPS) is 10.2. The third-order valence-corrected chi connectivity index (χ3v) is 3.00. The monoisotopic (exact) mass is 344 g/mol. The van der Waals surface area contributed by atoms with Gasteiger partial charge in [0.2, 0.25) is 0 Å². The van der Waals surface area contributed by atoms with E-state index >= 15 is 0 Å². The fourth-order valence-electron chi connectivity index (χ4n) is 1.17. The number of rotatable bonds is 2. The Hall–Kier alpha value is -0.940. The van der Waals surface area contributed by atoms with Crippen molar-refractivity contribution in [2.24, 2.45) is 0 Å². The average molecular weight is 346 g/mol. The van der Waals surface area contributed by atoms with Gasteiger partial charge in [0.25, 0.3) is 0 Å². The lowest BCUT2D eigenvalue weighted by Crippen LogP contribution is -1.93. The van der Waals surface area contributed by atoms with Crippen LogP contribution in [0.15, 0.2) is 45.5 Å². The van der Waals surface area contributed by atoms with Crippen LogP contribution in [0.5, 0.6) is 0 Å². The Morgan fingerprint density at radius 2 is 1.94 bits per heavy atom. The first kappa shape index (κ1) is 11.5. The van der Waals surface area contributed by atoms with E-state index in [-0.39, 0.29) is 5.82 Å². The number of nitrogens with one attached hydrogen (secondary N) is 1. The van der Waals surface area contributed by atoms with Crippen molar-refractivity contribution < 1.29 is 4.39 Å². The van der Waals surface area contributed by atoms with Gasteiger partial charge in [-0.2, -0.15) is 0 Å². The third kappa shape index (κ3) is 2.80. The van der Waals surface area contributed by atoms with Gasteiger partial charge in [0.15, 0.2) is 0 Å². The summed E-state index contributed by atoms with van der Waals surface area (Å²) < 4.78 is 14.3. The lowest BCUT2D eigenvalue weighted by Gasteiger charge is -2.06. The number of anilines is 2. The summed E-state index contributed by atoms with van der Waals surface area (Å²) in [5.74, 6) is 0.427. The maximum absolute atomic E-state index is 13.0. The van der Waals surface area contributed by atoms with Crippen molar-refractivity contribution in [2.45, 2.75) is 0 Å². The van der Waals surface area contributed by atoms with Crippen LogP contribution < -0.4 is 5.32 Å². The molecule has 2 rings (SSSR count). The largest absolute Gasteiger partial charge is 0.340 e. The second-order valence-electron chi connectivity index (χ2n) is 3.12. The minimum absolute atomic E-state index is 0.283. The number of hydrogen-bond donors (Lipinski definition) is 1. The van der Waals surface area contributed by atoms with Crippen LogP contribution in [0.1, 0.15) is 0 Å². The zero-order chi connectivity index (χ0) is 11.5. The van der Waals surface area contributed by atoms with Crippen molar-refractivity contribution in [3.63, 3.8) is 0 Å². The lowest BCUT2D eigenvalue weighted by atomic mass is 10.3. The van der Waals surface area contributed by atoms with E-state index in [4.69, 9.17) is 0 Å². The highest BCUT2D eigenvalue weighted by molar-refractivity contribution is 9.10. The Bertz CT molecular complexity index is 500. The standard InChI is InChI=1S/C11H7Br2FN2/c12-7-1-4-11(15-6-7)16-8-2-3-10(14)9(13)5-8/h1-6H,(H,15,16). The molecule has 16 heavy (non-hydrogen) atoms. The van der Waals surface area contributed by atoms with E-state index in [0.29, 0.717) is 10.3 Å². The van der Waals surface area contributed by atoms with Gasteiger partial charge in [-0.1, -0.05) is 0 Å². The molecule has 0 spiro atoms. The molecular weight excluding hydrogens is 339 g/mol. The molecule has 2 aromatic rings. The van der Waals surface area contributed by atoms with E-state index < -0.39 is 0 Å². The summed E-state index contributed by atoms with van der Waals surface area (Å²) in [5.41, 5.74) is 0.781. The summed E-state index contributed by atoms with van der Waals surface area (Å²) in [6, 6.07) is 8.43. The van der Waals surface area contributed by atoms with Crippen LogP contribution >= 0.6 is 31.9 Å². The molecule has 1 N–H and O–H groups in total. The molecule has 1 heterocycles. The molecule has 0 aliphatic heterocycles. The first-order valence-electron chi connectivity index (χ1n) is 4.49. The Morgan fingerprint density at radius 1 is 1.12 bits per heavy atom. The fourth-order valence-corrected chi connectivity index (χ4v) is 1.78. The van der Waals surface area contributed by atoms with Crippen LogP contribution in [0.25, 0.3) is 0 Å². The molecule has 0 bridgehead atoms. The molecule has 0 unspecified atom stereocenters. The first-order valence-corrected chi connectivity index (χ1v) is 6.07. The summed E-state index contributed by atoms with van der Waals surface area (Å²) in [6.07, 6.45) is 1.70. The van der Waals surface area contributed by atoms with E-state index in [1.807, 2.05) is 12.1 Å². The van der Waals surface area contributed by atoms with Gasteiger partial charge in [0.05, 0.1) is 4.47 Å². The molecule has 0 saturated heterocycles. The summed E-state index contributed by atoms with van der Waals surface area (Å²) in [7, 11) is 0. The highest BCUT2D eigenvalue weighted by Crippen LogP contribution is 2.22. The molecule has 0 saturated carbocycles. The van der Waals surface area contributed by atoms with Crippen molar-refractivity contribution in [3.05, 3.63) is 51.3 Å². The summed E-state index contributed by atoms with van der Waals surface area (Å²) in [4.78, 5) is 4.16. The smallest absolute Gasteiger partial charge is 0.137 e. The number of aromatic nitrogens is 1. The highest BCUT2D eigenvalue weighted by Gasteiger charge is 2.01. The van der Waals surface area contributed by atoms with Gasteiger partial charge < -0.3 is 5.32 Å². The van der Waals surface area contributed by atoms with E-state index in [1.165, 1.54) is 6.07 Å². The number of nitrogens with zero attached hydrogens (tertiary/aromatic N) is 1. The Morgan fingerprint density at radius 3 is 2.56 bits per heavy atom. The molecule has 5 heteroatoms. The summed E-state index contributed by atoms with van der Waals surface area (Å²) >= 11 is 6.43. The quantitative estimate of drug-likeness (QED) is 0.867. The molecule has 1 aromatic carbocycles. The predicted octanol–water partition coefficient (Wildman–Crippen LogP) is 4.49. The van der Waals surface area contributed by atoms with Gasteiger partial charge in [0.1, 0.15) is 11.6 Å². The van der Waals surface area contributed by atoms with Crippen LogP contribution in [0.3, 0.4) is 0 Å².